The van der Waals surface area contributed by atoms with Crippen LogP contribution in [0.1, 0.15) is 39.4 Å². The zero-order valence-corrected chi connectivity index (χ0v) is 15.9. The molecule has 0 fully saturated rings. The van der Waals surface area contributed by atoms with Crippen molar-refractivity contribution < 1.29 is 28.7 Å². The number of nitrogens with zero attached hydrogens (tertiary/aromatic N) is 1. The van der Waals surface area contributed by atoms with Crippen LogP contribution < -0.4 is 14.8 Å². The van der Waals surface area contributed by atoms with E-state index in [9.17, 15) is 14.7 Å². The van der Waals surface area contributed by atoms with Gasteiger partial charge in [0.15, 0.2) is 17.3 Å². The number of nitrogens with one attached hydrogen (secondary N) is 1. The van der Waals surface area contributed by atoms with Crippen molar-refractivity contribution in [1.29, 1.82) is 0 Å². The van der Waals surface area contributed by atoms with E-state index < -0.39 is 17.9 Å². The van der Waals surface area contributed by atoms with E-state index >= 15 is 0 Å². The van der Waals surface area contributed by atoms with E-state index in [2.05, 4.69) is 10.5 Å². The molecule has 1 aromatic heterocycles. The van der Waals surface area contributed by atoms with Gasteiger partial charge in [-0.2, -0.15) is 0 Å². The van der Waals surface area contributed by atoms with Gasteiger partial charge < -0.3 is 24.4 Å². The number of aromatic carboxylic acids is 1. The van der Waals surface area contributed by atoms with Crippen LogP contribution >= 0.6 is 11.6 Å². The summed E-state index contributed by atoms with van der Waals surface area (Å²) < 4.78 is 15.8. The molecular weight excluding hydrogens is 400 g/mol. The molecule has 0 saturated heterocycles. The third-order valence-electron chi connectivity index (χ3n) is 4.43. The molecule has 0 radical (unpaired) electrons. The van der Waals surface area contributed by atoms with Crippen molar-refractivity contribution >= 4 is 23.5 Å². The van der Waals surface area contributed by atoms with Crippen LogP contribution in [0.3, 0.4) is 0 Å². The zero-order valence-electron chi connectivity index (χ0n) is 15.1. The van der Waals surface area contributed by atoms with Gasteiger partial charge in [0.05, 0.1) is 6.04 Å². The number of hydrogen-bond donors (Lipinski definition) is 2. The molecule has 0 spiro atoms. The first-order chi connectivity index (χ1) is 13.9. The van der Waals surface area contributed by atoms with Crippen LogP contribution in [-0.2, 0) is 0 Å². The van der Waals surface area contributed by atoms with E-state index in [1.165, 1.54) is 0 Å². The van der Waals surface area contributed by atoms with Gasteiger partial charge in [0.2, 0.25) is 6.79 Å². The van der Waals surface area contributed by atoms with Crippen LogP contribution in [0.15, 0.2) is 47.0 Å². The molecule has 2 heterocycles. The fourth-order valence-electron chi connectivity index (χ4n) is 2.99. The van der Waals surface area contributed by atoms with E-state index in [0.717, 1.165) is 0 Å². The molecular formula is C20H15ClN2O6. The van der Waals surface area contributed by atoms with Crippen molar-refractivity contribution in [3.05, 3.63) is 64.4 Å². The molecule has 2 aromatic carbocycles. The van der Waals surface area contributed by atoms with E-state index in [1.54, 1.807) is 49.4 Å². The molecule has 1 atom stereocenters. The molecule has 2 N–H and O–H groups in total. The van der Waals surface area contributed by atoms with Gasteiger partial charge in [0, 0.05) is 16.1 Å². The number of ether oxygens (including phenoxy) is 2. The van der Waals surface area contributed by atoms with E-state index in [-0.39, 0.29) is 23.8 Å². The number of carbonyl (C=O) groups excluding carboxylic acids is 1. The molecule has 4 rings (SSSR count). The summed E-state index contributed by atoms with van der Waals surface area (Å²) in [6, 6.07) is 10.6. The normalized spacial score (nSPS) is 13.2. The fourth-order valence-corrected chi connectivity index (χ4v) is 3.12. The highest BCUT2D eigenvalue weighted by molar-refractivity contribution is 6.30. The quantitative estimate of drug-likeness (QED) is 0.651. The van der Waals surface area contributed by atoms with Gasteiger partial charge in [0.25, 0.3) is 5.91 Å². The number of amides is 1. The molecule has 0 bridgehead atoms. The molecule has 0 saturated carbocycles. The number of hydrogen-bond acceptors (Lipinski definition) is 6. The smallest absolute Gasteiger partial charge is 0.341 e. The summed E-state index contributed by atoms with van der Waals surface area (Å²) in [4.78, 5) is 24.5. The summed E-state index contributed by atoms with van der Waals surface area (Å²) in [7, 11) is 0. The van der Waals surface area contributed by atoms with Gasteiger partial charge in [-0.05, 0) is 37.3 Å². The van der Waals surface area contributed by atoms with Gasteiger partial charge in [-0.3, -0.25) is 4.79 Å². The minimum Gasteiger partial charge on any atom is -0.477 e. The lowest BCUT2D eigenvalue weighted by Gasteiger charge is -2.12. The molecule has 1 aliphatic rings. The first-order valence-corrected chi connectivity index (χ1v) is 9.01. The number of carboxylic acids is 1. The first-order valence-electron chi connectivity index (χ1n) is 8.63. The molecule has 1 aliphatic heterocycles. The van der Waals surface area contributed by atoms with Crippen LogP contribution in [-0.4, -0.2) is 28.9 Å². The minimum atomic E-state index is -1.21. The maximum atomic E-state index is 12.6. The Bertz CT molecular complexity index is 1090. The topological polar surface area (TPSA) is 111 Å². The monoisotopic (exact) mass is 414 g/mol. The maximum Gasteiger partial charge on any atom is 0.341 e. The Kier molecular flexibility index (Phi) is 4.85. The molecule has 0 unspecified atom stereocenters. The van der Waals surface area contributed by atoms with Crippen molar-refractivity contribution in [2.45, 2.75) is 13.0 Å². The number of carbonyl (C=O) groups is 2. The third-order valence-corrected chi connectivity index (χ3v) is 4.68. The highest BCUT2D eigenvalue weighted by Gasteiger charge is 2.28. The Balaban J connectivity index is 1.60. The van der Waals surface area contributed by atoms with Gasteiger partial charge in [0.1, 0.15) is 11.3 Å². The predicted molar refractivity (Wildman–Crippen MR) is 102 cm³/mol. The molecule has 3 aromatic rings. The standard InChI is InChI=1S/C20H15ClN2O6/c1-10(22-19(24)12-4-7-14-15(8-12)28-9-27-14)18-16(20(25)26)17(23-29-18)11-2-5-13(21)6-3-11/h2-8,10H,9H2,1H3,(H,22,24)(H,25,26)/t10-/m1/s1. The second-order valence-corrected chi connectivity index (χ2v) is 6.78. The number of aromatic nitrogens is 1. The Hall–Kier alpha value is -3.52. The van der Waals surface area contributed by atoms with Gasteiger partial charge >= 0.3 is 5.97 Å². The van der Waals surface area contributed by atoms with Crippen molar-refractivity contribution in [2.24, 2.45) is 0 Å². The summed E-state index contributed by atoms with van der Waals surface area (Å²) in [5.74, 6) is -0.560. The van der Waals surface area contributed by atoms with E-state index in [0.29, 0.717) is 27.6 Å². The Morgan fingerprint density at radius 1 is 1.14 bits per heavy atom. The second kappa shape index (κ2) is 7.48. The number of rotatable bonds is 5. The van der Waals surface area contributed by atoms with Gasteiger partial charge in [-0.1, -0.05) is 28.9 Å². The SMILES string of the molecule is C[C@@H](NC(=O)c1ccc2c(c1)OCO2)c1onc(-c2ccc(Cl)cc2)c1C(=O)O. The minimum absolute atomic E-state index is 0.0385. The fraction of sp³-hybridized carbons (Fsp3) is 0.150. The molecule has 9 heteroatoms. The summed E-state index contributed by atoms with van der Waals surface area (Å²) in [5.41, 5.74) is 0.922. The molecule has 29 heavy (non-hydrogen) atoms. The third kappa shape index (κ3) is 3.62. The Morgan fingerprint density at radius 2 is 1.86 bits per heavy atom. The lowest BCUT2D eigenvalue weighted by Crippen LogP contribution is -2.27. The molecule has 8 nitrogen and oxygen atoms in total. The van der Waals surface area contributed by atoms with E-state index in [4.69, 9.17) is 25.6 Å². The van der Waals surface area contributed by atoms with Crippen LogP contribution in [0.2, 0.25) is 5.02 Å². The summed E-state index contributed by atoms with van der Waals surface area (Å²) in [6.45, 7) is 1.72. The average molecular weight is 415 g/mol. The molecule has 0 aliphatic carbocycles. The Morgan fingerprint density at radius 3 is 2.59 bits per heavy atom. The summed E-state index contributed by atoms with van der Waals surface area (Å²) in [5, 5.41) is 16.8. The number of carboxylic acid groups (broad SMARTS) is 1. The summed E-state index contributed by atoms with van der Waals surface area (Å²) >= 11 is 5.88. The van der Waals surface area contributed by atoms with Crippen LogP contribution in [0.4, 0.5) is 0 Å². The van der Waals surface area contributed by atoms with Crippen molar-refractivity contribution in [3.8, 4) is 22.8 Å². The van der Waals surface area contributed by atoms with Crippen molar-refractivity contribution in [3.63, 3.8) is 0 Å². The van der Waals surface area contributed by atoms with Crippen LogP contribution in [0, 0.1) is 0 Å². The van der Waals surface area contributed by atoms with Gasteiger partial charge in [-0.15, -0.1) is 0 Å². The largest absolute Gasteiger partial charge is 0.477 e. The Labute approximate surface area is 170 Å². The van der Waals surface area contributed by atoms with E-state index in [1.807, 2.05) is 0 Å². The molecule has 1 amide bonds. The number of benzene rings is 2. The maximum absolute atomic E-state index is 12.6. The lowest BCUT2D eigenvalue weighted by atomic mass is 10.0. The highest BCUT2D eigenvalue weighted by Crippen LogP contribution is 2.33. The lowest BCUT2D eigenvalue weighted by molar-refractivity contribution is 0.0692. The zero-order chi connectivity index (χ0) is 20.5. The number of halogens is 1. The molecule has 148 valence electrons. The van der Waals surface area contributed by atoms with Crippen molar-refractivity contribution in [1.82, 2.24) is 10.5 Å². The van der Waals surface area contributed by atoms with Gasteiger partial charge in [-0.25, -0.2) is 4.79 Å². The highest BCUT2D eigenvalue weighted by atomic mass is 35.5. The van der Waals surface area contributed by atoms with Crippen molar-refractivity contribution in [2.75, 3.05) is 6.79 Å². The number of fused-ring (bicyclic) bond motifs is 1. The second-order valence-electron chi connectivity index (χ2n) is 6.35. The predicted octanol–water partition coefficient (Wildman–Crippen LogP) is 3.91. The van der Waals surface area contributed by atoms with Crippen LogP contribution in [0.5, 0.6) is 11.5 Å². The van der Waals surface area contributed by atoms with Crippen LogP contribution in [0.25, 0.3) is 11.3 Å². The average Bonchev–Trinajstić information content (AvgIpc) is 3.35. The first kappa shape index (κ1) is 18.8. The summed E-state index contributed by atoms with van der Waals surface area (Å²) in [6.07, 6.45) is 0.